The molecule has 0 amide bonds. The van der Waals surface area contributed by atoms with Crippen molar-refractivity contribution in [2.45, 2.75) is 13.3 Å². The maximum absolute atomic E-state index is 9.17. The van der Waals surface area contributed by atoms with Gasteiger partial charge in [0.1, 0.15) is 0 Å². The smallest absolute Gasteiger partial charge is 0.0467 e. The minimum atomic E-state index is 0.359. The van der Waals surface area contributed by atoms with Gasteiger partial charge in [-0.05, 0) is 23.7 Å². The largest absolute Gasteiger partial charge is 0.396 e. The van der Waals surface area contributed by atoms with E-state index >= 15 is 0 Å². The van der Waals surface area contributed by atoms with Crippen LogP contribution < -0.4 is 0 Å². The zero-order chi connectivity index (χ0) is 8.55. The molecule has 2 unspecified atom stereocenters. The number of rotatable bonds is 2. The Kier molecular flexibility index (Phi) is 2.05. The number of hydrogen-bond acceptors (Lipinski definition) is 1. The Morgan fingerprint density at radius 2 is 1.67 bits per heavy atom. The molecule has 0 aromatic carbocycles. The van der Waals surface area contributed by atoms with Gasteiger partial charge in [-0.15, -0.1) is 0 Å². The van der Waals surface area contributed by atoms with Crippen LogP contribution >= 0.6 is 0 Å². The van der Waals surface area contributed by atoms with Crippen molar-refractivity contribution in [3.8, 4) is 0 Å². The molecular weight excluding hydrogens is 148 g/mol. The molecule has 2 aliphatic rings. The summed E-state index contributed by atoms with van der Waals surface area (Å²) in [5.74, 6) is 2.60. The van der Waals surface area contributed by atoms with Gasteiger partial charge in [-0.25, -0.2) is 0 Å². The van der Waals surface area contributed by atoms with Crippen molar-refractivity contribution in [2.75, 3.05) is 6.61 Å². The Labute approximate surface area is 73.8 Å². The predicted octanol–water partition coefficient (Wildman–Crippen LogP) is 1.99. The average molecular weight is 164 g/mol. The molecule has 2 rings (SSSR count). The molecule has 0 aromatic heterocycles. The van der Waals surface area contributed by atoms with Crippen molar-refractivity contribution in [1.29, 1.82) is 0 Å². The second kappa shape index (κ2) is 3.06. The van der Waals surface area contributed by atoms with E-state index in [1.807, 2.05) is 0 Å². The van der Waals surface area contributed by atoms with Gasteiger partial charge < -0.3 is 5.11 Å². The zero-order valence-corrected chi connectivity index (χ0v) is 7.48. The molecule has 0 bridgehead atoms. The first kappa shape index (κ1) is 8.06. The molecule has 12 heavy (non-hydrogen) atoms. The fourth-order valence-corrected chi connectivity index (χ4v) is 2.76. The molecule has 0 aromatic rings. The van der Waals surface area contributed by atoms with E-state index in [1.165, 1.54) is 6.42 Å². The van der Waals surface area contributed by atoms with Gasteiger partial charge in [-0.3, -0.25) is 0 Å². The topological polar surface area (TPSA) is 20.2 Å². The van der Waals surface area contributed by atoms with Gasteiger partial charge in [0.2, 0.25) is 0 Å². The highest BCUT2D eigenvalue weighted by atomic mass is 16.3. The predicted molar refractivity (Wildman–Crippen MR) is 49.6 cm³/mol. The Morgan fingerprint density at radius 3 is 2.17 bits per heavy atom. The van der Waals surface area contributed by atoms with E-state index in [4.69, 9.17) is 5.11 Å². The summed E-state index contributed by atoms with van der Waals surface area (Å²) >= 11 is 0. The summed E-state index contributed by atoms with van der Waals surface area (Å²) in [6.07, 6.45) is 9.99. The molecule has 0 aliphatic heterocycles. The van der Waals surface area contributed by atoms with Crippen LogP contribution in [0.5, 0.6) is 0 Å². The van der Waals surface area contributed by atoms with Gasteiger partial charge in [0, 0.05) is 6.61 Å². The minimum Gasteiger partial charge on any atom is -0.396 e. The third-order valence-electron chi connectivity index (χ3n) is 3.44. The van der Waals surface area contributed by atoms with E-state index in [-0.39, 0.29) is 0 Å². The highest BCUT2D eigenvalue weighted by Gasteiger charge is 2.46. The molecule has 0 heterocycles. The van der Waals surface area contributed by atoms with E-state index in [1.54, 1.807) is 0 Å². The van der Waals surface area contributed by atoms with Crippen LogP contribution in [0.2, 0.25) is 0 Å². The van der Waals surface area contributed by atoms with Crippen molar-refractivity contribution in [3.05, 3.63) is 24.3 Å². The van der Waals surface area contributed by atoms with E-state index in [0.29, 0.717) is 18.4 Å². The second-order valence-corrected chi connectivity index (χ2v) is 3.84. The van der Waals surface area contributed by atoms with Crippen molar-refractivity contribution < 1.29 is 5.11 Å². The Balaban J connectivity index is 2.10. The van der Waals surface area contributed by atoms with E-state index in [2.05, 4.69) is 31.2 Å². The lowest BCUT2D eigenvalue weighted by Gasteiger charge is -2.50. The summed E-state index contributed by atoms with van der Waals surface area (Å²) in [5.41, 5.74) is 0. The molecule has 1 N–H and O–H groups in total. The summed E-state index contributed by atoms with van der Waals surface area (Å²) in [7, 11) is 0. The number of aliphatic hydroxyl groups excluding tert-OH is 1. The first-order valence-corrected chi connectivity index (χ1v) is 4.84. The van der Waals surface area contributed by atoms with Crippen LogP contribution in [0.3, 0.4) is 0 Å². The molecule has 4 atom stereocenters. The van der Waals surface area contributed by atoms with Gasteiger partial charge in [0.25, 0.3) is 0 Å². The zero-order valence-electron chi connectivity index (χ0n) is 7.48. The van der Waals surface area contributed by atoms with E-state index in [9.17, 15) is 0 Å². The van der Waals surface area contributed by atoms with Crippen LogP contribution in [0.25, 0.3) is 0 Å². The fourth-order valence-electron chi connectivity index (χ4n) is 2.76. The standard InChI is InChI=1S/C11H16O/c1-2-8-9-5-3-4-6-10(9)11(8)7-12/h3-6,8-12H,2,7H2,1H3/t8?,9-,10-,11?/m0/s1. The lowest BCUT2D eigenvalue weighted by Crippen LogP contribution is -2.47. The monoisotopic (exact) mass is 164 g/mol. The number of aliphatic hydroxyl groups is 1. The Hall–Kier alpha value is -0.560. The molecule has 2 aliphatic carbocycles. The maximum atomic E-state index is 9.17. The quantitative estimate of drug-likeness (QED) is 0.661. The third-order valence-corrected chi connectivity index (χ3v) is 3.44. The summed E-state index contributed by atoms with van der Waals surface area (Å²) in [6.45, 7) is 2.58. The first-order valence-electron chi connectivity index (χ1n) is 4.84. The average Bonchev–Trinajstić information content (AvgIpc) is 2.08. The summed E-state index contributed by atoms with van der Waals surface area (Å²) in [5, 5.41) is 9.17. The SMILES string of the molecule is CCC1C(CO)[C@H]2C=CC=C[C@@H]12. The highest BCUT2D eigenvalue weighted by Crippen LogP contribution is 2.50. The summed E-state index contributed by atoms with van der Waals surface area (Å²) in [6, 6.07) is 0. The summed E-state index contributed by atoms with van der Waals surface area (Å²) in [4.78, 5) is 0. The molecule has 1 heteroatoms. The van der Waals surface area contributed by atoms with Gasteiger partial charge in [-0.1, -0.05) is 37.6 Å². The normalized spacial score (nSPS) is 43.8. The van der Waals surface area contributed by atoms with Gasteiger partial charge in [-0.2, -0.15) is 0 Å². The fraction of sp³-hybridized carbons (Fsp3) is 0.636. The number of hydrogen-bond donors (Lipinski definition) is 1. The molecule has 1 saturated carbocycles. The summed E-state index contributed by atoms with van der Waals surface area (Å²) < 4.78 is 0. The highest BCUT2D eigenvalue weighted by molar-refractivity contribution is 5.21. The number of fused-ring (bicyclic) bond motifs is 1. The number of allylic oxidation sites excluding steroid dienone is 4. The second-order valence-electron chi connectivity index (χ2n) is 3.84. The van der Waals surface area contributed by atoms with Crippen molar-refractivity contribution in [3.63, 3.8) is 0 Å². The molecule has 0 spiro atoms. The molecule has 1 nitrogen and oxygen atoms in total. The molecule has 0 radical (unpaired) electrons. The van der Waals surface area contributed by atoms with Crippen LogP contribution in [0.1, 0.15) is 13.3 Å². The Bertz CT molecular complexity index is 193. The van der Waals surface area contributed by atoms with Gasteiger partial charge in [0.05, 0.1) is 0 Å². The van der Waals surface area contributed by atoms with Crippen molar-refractivity contribution in [1.82, 2.24) is 0 Å². The lowest BCUT2D eigenvalue weighted by molar-refractivity contribution is -0.00520. The van der Waals surface area contributed by atoms with Crippen molar-refractivity contribution >= 4 is 0 Å². The van der Waals surface area contributed by atoms with Crippen molar-refractivity contribution in [2.24, 2.45) is 23.7 Å². The molecule has 1 fully saturated rings. The first-order chi connectivity index (χ1) is 5.88. The minimum absolute atomic E-state index is 0.359. The Morgan fingerprint density at radius 1 is 1.08 bits per heavy atom. The molecule has 66 valence electrons. The van der Waals surface area contributed by atoms with E-state index in [0.717, 1.165) is 11.8 Å². The van der Waals surface area contributed by atoms with Crippen LogP contribution in [-0.2, 0) is 0 Å². The third kappa shape index (κ3) is 0.962. The van der Waals surface area contributed by atoms with Crippen LogP contribution in [0.4, 0.5) is 0 Å². The van der Waals surface area contributed by atoms with Crippen LogP contribution in [-0.4, -0.2) is 11.7 Å². The van der Waals surface area contributed by atoms with Crippen LogP contribution in [0.15, 0.2) is 24.3 Å². The molecular formula is C11H16O. The molecule has 0 saturated heterocycles. The maximum Gasteiger partial charge on any atom is 0.0467 e. The van der Waals surface area contributed by atoms with E-state index < -0.39 is 0 Å². The lowest BCUT2D eigenvalue weighted by atomic mass is 9.55. The van der Waals surface area contributed by atoms with Gasteiger partial charge in [0.15, 0.2) is 0 Å². The van der Waals surface area contributed by atoms with Crippen LogP contribution in [0, 0.1) is 23.7 Å². The van der Waals surface area contributed by atoms with Gasteiger partial charge >= 0.3 is 0 Å².